The van der Waals surface area contributed by atoms with Gasteiger partial charge in [0, 0.05) is 5.69 Å². The second-order valence-electron chi connectivity index (χ2n) is 2.40. The van der Waals surface area contributed by atoms with Crippen molar-refractivity contribution in [3.05, 3.63) is 30.4 Å². The van der Waals surface area contributed by atoms with Gasteiger partial charge in [-0.25, -0.2) is 9.97 Å². The summed E-state index contributed by atoms with van der Waals surface area (Å²) in [5, 5.41) is 0. The molecular weight excluding hydrogens is 152 g/mol. The van der Waals surface area contributed by atoms with Crippen LogP contribution in [-0.4, -0.2) is 16.6 Å². The van der Waals surface area contributed by atoms with Gasteiger partial charge in [0.15, 0.2) is 0 Å². The molecule has 0 saturated carbocycles. The summed E-state index contributed by atoms with van der Waals surface area (Å²) < 4.78 is 5.20. The predicted molar refractivity (Wildman–Crippen MR) is 47.4 cm³/mol. The molecule has 0 N–H and O–H groups in total. The van der Waals surface area contributed by atoms with E-state index in [0.717, 1.165) is 11.4 Å². The van der Waals surface area contributed by atoms with Crippen LogP contribution in [0.3, 0.4) is 0 Å². The van der Waals surface area contributed by atoms with E-state index in [1.807, 2.05) is 19.9 Å². The summed E-state index contributed by atoms with van der Waals surface area (Å²) in [5.41, 5.74) is 1.67. The van der Waals surface area contributed by atoms with Gasteiger partial charge in [-0.15, -0.1) is 0 Å². The largest absolute Gasteiger partial charge is 0.492 e. The van der Waals surface area contributed by atoms with Gasteiger partial charge in [-0.05, 0) is 19.9 Å². The van der Waals surface area contributed by atoms with Crippen molar-refractivity contribution in [1.29, 1.82) is 0 Å². The minimum absolute atomic E-state index is 0.600. The molecule has 0 aromatic carbocycles. The average Bonchev–Trinajstić information content (AvgIpc) is 2.05. The second kappa shape index (κ2) is 3.85. The fraction of sp³-hybridized carbons (Fsp3) is 0.333. The summed E-state index contributed by atoms with van der Waals surface area (Å²) in [5.74, 6) is 0.600. The maximum Gasteiger partial charge on any atom is 0.137 e. The van der Waals surface area contributed by atoms with E-state index < -0.39 is 0 Å². The Morgan fingerprint density at radius 1 is 1.58 bits per heavy atom. The summed E-state index contributed by atoms with van der Waals surface area (Å²) in [4.78, 5) is 8.00. The highest BCUT2D eigenvalue weighted by molar-refractivity contribution is 5.53. The molecule has 1 aromatic rings. The fourth-order valence-corrected chi connectivity index (χ4v) is 0.855. The quantitative estimate of drug-likeness (QED) is 0.639. The number of nitrogens with zero attached hydrogens (tertiary/aromatic N) is 2. The molecule has 0 aliphatic carbocycles. The highest BCUT2D eigenvalue weighted by Crippen LogP contribution is 2.09. The van der Waals surface area contributed by atoms with E-state index in [2.05, 4.69) is 16.5 Å². The highest BCUT2D eigenvalue weighted by Gasteiger charge is 2.00. The first-order chi connectivity index (χ1) is 5.74. The van der Waals surface area contributed by atoms with E-state index in [9.17, 15) is 0 Å². The molecule has 0 radical (unpaired) electrons. The summed E-state index contributed by atoms with van der Waals surface area (Å²) in [6.07, 6.45) is 1.51. The average molecular weight is 164 g/mol. The van der Waals surface area contributed by atoms with Crippen LogP contribution in [0.25, 0.3) is 5.76 Å². The lowest BCUT2D eigenvalue weighted by Crippen LogP contribution is -1.95. The molecule has 64 valence electrons. The number of ether oxygens (including phenoxy) is 1. The smallest absolute Gasteiger partial charge is 0.137 e. The van der Waals surface area contributed by atoms with Crippen LogP contribution in [0, 0.1) is 6.92 Å². The van der Waals surface area contributed by atoms with E-state index >= 15 is 0 Å². The monoisotopic (exact) mass is 164 g/mol. The first-order valence-electron chi connectivity index (χ1n) is 3.84. The summed E-state index contributed by atoms with van der Waals surface area (Å²) >= 11 is 0. The van der Waals surface area contributed by atoms with Gasteiger partial charge in [-0.3, -0.25) is 0 Å². The molecule has 0 unspecified atom stereocenters. The third-order valence-electron chi connectivity index (χ3n) is 1.41. The summed E-state index contributed by atoms with van der Waals surface area (Å²) in [6.45, 7) is 8.18. The number of aryl methyl sites for hydroxylation is 1. The molecule has 1 aromatic heterocycles. The van der Waals surface area contributed by atoms with Crippen LogP contribution in [-0.2, 0) is 4.74 Å². The van der Waals surface area contributed by atoms with Crippen molar-refractivity contribution in [2.24, 2.45) is 0 Å². The zero-order chi connectivity index (χ0) is 8.97. The third kappa shape index (κ3) is 2.05. The fourth-order valence-electron chi connectivity index (χ4n) is 0.855. The zero-order valence-electron chi connectivity index (χ0n) is 7.37. The third-order valence-corrected chi connectivity index (χ3v) is 1.41. The Morgan fingerprint density at radius 3 is 2.92 bits per heavy atom. The van der Waals surface area contributed by atoms with E-state index in [1.165, 1.54) is 6.33 Å². The predicted octanol–water partition coefficient (Wildman–Crippen LogP) is 1.79. The first kappa shape index (κ1) is 8.71. The van der Waals surface area contributed by atoms with E-state index in [4.69, 9.17) is 4.74 Å². The lowest BCUT2D eigenvalue weighted by Gasteiger charge is -2.05. The molecule has 12 heavy (non-hydrogen) atoms. The van der Waals surface area contributed by atoms with E-state index in [-0.39, 0.29) is 0 Å². The van der Waals surface area contributed by atoms with Gasteiger partial charge in [0.1, 0.15) is 17.8 Å². The van der Waals surface area contributed by atoms with Gasteiger partial charge in [0.05, 0.1) is 6.61 Å². The molecule has 0 aliphatic rings. The first-order valence-corrected chi connectivity index (χ1v) is 3.84. The molecule has 0 saturated heterocycles. The topological polar surface area (TPSA) is 35.0 Å². The van der Waals surface area contributed by atoms with Gasteiger partial charge in [-0.1, -0.05) is 6.58 Å². The lowest BCUT2D eigenvalue weighted by atomic mass is 10.3. The molecule has 0 fully saturated rings. The van der Waals surface area contributed by atoms with Crippen LogP contribution in [0.4, 0.5) is 0 Å². The molecule has 3 nitrogen and oxygen atoms in total. The number of hydrogen-bond donors (Lipinski definition) is 0. The highest BCUT2D eigenvalue weighted by atomic mass is 16.5. The molecule has 0 amide bonds. The number of hydrogen-bond acceptors (Lipinski definition) is 3. The second-order valence-corrected chi connectivity index (χ2v) is 2.40. The van der Waals surface area contributed by atoms with Crippen molar-refractivity contribution >= 4 is 5.76 Å². The van der Waals surface area contributed by atoms with Crippen LogP contribution in [0.5, 0.6) is 0 Å². The Kier molecular flexibility index (Phi) is 2.80. The van der Waals surface area contributed by atoms with Crippen LogP contribution in [0.1, 0.15) is 18.3 Å². The molecule has 1 heterocycles. The minimum atomic E-state index is 0.600. The molecule has 1 rings (SSSR count). The zero-order valence-corrected chi connectivity index (χ0v) is 7.37. The summed E-state index contributed by atoms with van der Waals surface area (Å²) in [7, 11) is 0. The van der Waals surface area contributed by atoms with Crippen LogP contribution in [0.15, 0.2) is 19.0 Å². The van der Waals surface area contributed by atoms with Crippen molar-refractivity contribution in [2.75, 3.05) is 6.61 Å². The standard InChI is InChI=1S/C9H12N2O/c1-4-12-8(3)9-5-7(2)10-6-11-9/h5-6H,3-4H2,1-2H3. The molecule has 0 atom stereocenters. The number of aromatic nitrogens is 2. The summed E-state index contributed by atoms with van der Waals surface area (Å²) in [6, 6.07) is 1.85. The Labute approximate surface area is 72.1 Å². The lowest BCUT2D eigenvalue weighted by molar-refractivity contribution is 0.297. The van der Waals surface area contributed by atoms with Gasteiger partial charge in [0.25, 0.3) is 0 Å². The minimum Gasteiger partial charge on any atom is -0.492 e. The molecular formula is C9H12N2O. The Balaban J connectivity index is 2.81. The van der Waals surface area contributed by atoms with Gasteiger partial charge < -0.3 is 4.74 Å². The van der Waals surface area contributed by atoms with Crippen LogP contribution in [0.2, 0.25) is 0 Å². The number of rotatable bonds is 3. The van der Waals surface area contributed by atoms with Crippen LogP contribution >= 0.6 is 0 Å². The molecule has 0 bridgehead atoms. The normalized spacial score (nSPS) is 9.50. The van der Waals surface area contributed by atoms with E-state index in [0.29, 0.717) is 12.4 Å². The van der Waals surface area contributed by atoms with Crippen molar-refractivity contribution in [3.8, 4) is 0 Å². The Bertz CT molecular complexity index is 284. The van der Waals surface area contributed by atoms with Crippen molar-refractivity contribution in [1.82, 2.24) is 9.97 Å². The molecule has 3 heteroatoms. The van der Waals surface area contributed by atoms with Crippen molar-refractivity contribution < 1.29 is 4.74 Å². The Hall–Kier alpha value is -1.38. The molecule has 0 aliphatic heterocycles. The van der Waals surface area contributed by atoms with Gasteiger partial charge in [-0.2, -0.15) is 0 Å². The SMILES string of the molecule is C=C(OCC)c1cc(C)ncn1. The maximum absolute atomic E-state index is 5.20. The van der Waals surface area contributed by atoms with Crippen molar-refractivity contribution in [3.63, 3.8) is 0 Å². The van der Waals surface area contributed by atoms with E-state index in [1.54, 1.807) is 0 Å². The van der Waals surface area contributed by atoms with Crippen LogP contribution < -0.4 is 0 Å². The van der Waals surface area contributed by atoms with Crippen molar-refractivity contribution in [2.45, 2.75) is 13.8 Å². The Morgan fingerprint density at radius 2 is 2.33 bits per heavy atom. The van der Waals surface area contributed by atoms with Gasteiger partial charge in [0.2, 0.25) is 0 Å². The maximum atomic E-state index is 5.20. The molecule has 0 spiro atoms. The van der Waals surface area contributed by atoms with Gasteiger partial charge >= 0.3 is 0 Å².